The highest BCUT2D eigenvalue weighted by molar-refractivity contribution is 5.43. The van der Waals surface area contributed by atoms with Crippen LogP contribution >= 0.6 is 0 Å². The Morgan fingerprint density at radius 3 is 2.94 bits per heavy atom. The molecule has 0 aromatic heterocycles. The van der Waals surface area contributed by atoms with Gasteiger partial charge in [0, 0.05) is 6.61 Å². The topological polar surface area (TPSA) is 62.9 Å². The largest absolute Gasteiger partial charge is 0.493 e. The van der Waals surface area contributed by atoms with Crippen LogP contribution in [0.15, 0.2) is 18.2 Å². The van der Waals surface area contributed by atoms with E-state index in [-0.39, 0.29) is 6.10 Å². The number of nitrogens with two attached hydrogens (primary N) is 1. The van der Waals surface area contributed by atoms with Crippen molar-refractivity contribution in [2.45, 2.75) is 25.6 Å². The predicted molar refractivity (Wildman–Crippen MR) is 66.4 cm³/mol. The first-order chi connectivity index (χ1) is 8.83. The quantitative estimate of drug-likeness (QED) is 0.808. The molecule has 1 atom stereocenters. The normalized spacial score (nSPS) is 19.6. The van der Waals surface area contributed by atoms with E-state index < -0.39 is 0 Å². The monoisotopic (exact) mass is 253 g/mol. The van der Waals surface area contributed by atoms with E-state index in [2.05, 4.69) is 4.84 Å². The molecule has 18 heavy (non-hydrogen) atoms. The van der Waals surface area contributed by atoms with Crippen LogP contribution in [-0.4, -0.2) is 26.4 Å². The Labute approximate surface area is 107 Å². The van der Waals surface area contributed by atoms with Gasteiger partial charge in [0.25, 0.3) is 0 Å². The van der Waals surface area contributed by atoms with Gasteiger partial charge in [0.15, 0.2) is 11.5 Å². The molecule has 5 heteroatoms. The van der Waals surface area contributed by atoms with E-state index in [0.717, 1.165) is 25.0 Å². The van der Waals surface area contributed by atoms with Gasteiger partial charge in [-0.25, -0.2) is 5.90 Å². The molecule has 1 aliphatic rings. The van der Waals surface area contributed by atoms with E-state index in [4.69, 9.17) is 20.1 Å². The lowest BCUT2D eigenvalue weighted by Gasteiger charge is -2.24. The third-order valence-electron chi connectivity index (χ3n) is 2.89. The molecule has 0 bridgehead atoms. The van der Waals surface area contributed by atoms with Gasteiger partial charge in [0.2, 0.25) is 0 Å². The van der Waals surface area contributed by atoms with Gasteiger partial charge >= 0.3 is 0 Å². The Balaban J connectivity index is 2.09. The zero-order valence-corrected chi connectivity index (χ0v) is 10.6. The lowest BCUT2D eigenvalue weighted by molar-refractivity contribution is 0.00633. The Morgan fingerprint density at radius 1 is 1.39 bits per heavy atom. The predicted octanol–water partition coefficient (Wildman–Crippen LogP) is 1.64. The maximum Gasteiger partial charge on any atom is 0.162 e. The van der Waals surface area contributed by atoms with Gasteiger partial charge < -0.3 is 14.2 Å². The van der Waals surface area contributed by atoms with Crippen LogP contribution in [0.3, 0.4) is 0 Å². The van der Waals surface area contributed by atoms with Crippen molar-refractivity contribution >= 4 is 0 Å². The Morgan fingerprint density at radius 2 is 2.28 bits per heavy atom. The Bertz CT molecular complexity index is 377. The van der Waals surface area contributed by atoms with Crippen molar-refractivity contribution in [3.63, 3.8) is 0 Å². The fourth-order valence-corrected chi connectivity index (χ4v) is 1.98. The Kier molecular flexibility index (Phi) is 4.81. The molecule has 1 fully saturated rings. The second kappa shape index (κ2) is 6.58. The first-order valence-electron chi connectivity index (χ1n) is 6.06. The van der Waals surface area contributed by atoms with Crippen molar-refractivity contribution in [2.24, 2.45) is 5.90 Å². The summed E-state index contributed by atoms with van der Waals surface area (Å²) >= 11 is 0. The first-order valence-corrected chi connectivity index (χ1v) is 6.06. The maximum atomic E-state index is 5.92. The van der Waals surface area contributed by atoms with Crippen LogP contribution in [0.2, 0.25) is 0 Å². The summed E-state index contributed by atoms with van der Waals surface area (Å²) in [5.74, 6) is 6.49. The van der Waals surface area contributed by atoms with E-state index in [1.54, 1.807) is 7.11 Å². The van der Waals surface area contributed by atoms with Gasteiger partial charge in [-0.05, 0) is 30.5 Å². The highest BCUT2D eigenvalue weighted by Gasteiger charge is 2.17. The van der Waals surface area contributed by atoms with E-state index in [9.17, 15) is 0 Å². The molecular weight excluding hydrogens is 234 g/mol. The number of rotatable bonds is 5. The van der Waals surface area contributed by atoms with E-state index >= 15 is 0 Å². The summed E-state index contributed by atoms with van der Waals surface area (Å²) < 4.78 is 16.6. The third kappa shape index (κ3) is 3.35. The number of hydrogen-bond donors (Lipinski definition) is 1. The molecule has 100 valence electrons. The molecule has 0 spiro atoms. The molecule has 1 aromatic carbocycles. The van der Waals surface area contributed by atoms with Crippen LogP contribution in [0.25, 0.3) is 0 Å². The molecule has 0 saturated carbocycles. The smallest absolute Gasteiger partial charge is 0.162 e. The second-order valence-corrected chi connectivity index (χ2v) is 4.25. The fraction of sp³-hybridized carbons (Fsp3) is 0.538. The van der Waals surface area contributed by atoms with Gasteiger partial charge in [0.05, 0.1) is 20.3 Å². The van der Waals surface area contributed by atoms with Gasteiger partial charge in [0.1, 0.15) is 6.10 Å². The van der Waals surface area contributed by atoms with Crippen molar-refractivity contribution in [3.8, 4) is 11.5 Å². The van der Waals surface area contributed by atoms with Crippen LogP contribution in [-0.2, 0) is 16.2 Å². The van der Waals surface area contributed by atoms with Crippen LogP contribution in [0.1, 0.15) is 18.4 Å². The molecule has 0 aliphatic carbocycles. The summed E-state index contributed by atoms with van der Waals surface area (Å²) in [4.78, 5) is 4.63. The van der Waals surface area contributed by atoms with E-state index in [0.29, 0.717) is 24.7 Å². The van der Waals surface area contributed by atoms with Crippen LogP contribution in [0.5, 0.6) is 11.5 Å². The molecule has 1 saturated heterocycles. The summed E-state index contributed by atoms with van der Waals surface area (Å²) in [7, 11) is 1.62. The summed E-state index contributed by atoms with van der Waals surface area (Å²) in [6.45, 7) is 1.79. The average molecular weight is 253 g/mol. The number of hydrogen-bond acceptors (Lipinski definition) is 5. The SMILES string of the molecule is COc1ccc(CON)cc1OC1CCCOC1. The van der Waals surface area contributed by atoms with Gasteiger partial charge in [-0.15, -0.1) is 0 Å². The van der Waals surface area contributed by atoms with Crippen molar-refractivity contribution in [3.05, 3.63) is 23.8 Å². The standard InChI is InChI=1S/C13H19NO4/c1-15-12-5-4-10(8-17-14)7-13(12)18-11-3-2-6-16-9-11/h4-5,7,11H,2-3,6,8-9,14H2,1H3. The lowest BCUT2D eigenvalue weighted by Crippen LogP contribution is -2.28. The molecule has 2 N–H and O–H groups in total. The minimum atomic E-state index is 0.0849. The second-order valence-electron chi connectivity index (χ2n) is 4.25. The zero-order valence-electron chi connectivity index (χ0n) is 10.6. The van der Waals surface area contributed by atoms with Crippen LogP contribution in [0.4, 0.5) is 0 Å². The number of ether oxygens (including phenoxy) is 3. The highest BCUT2D eigenvalue weighted by atomic mass is 16.6. The lowest BCUT2D eigenvalue weighted by atomic mass is 10.1. The van der Waals surface area contributed by atoms with E-state index in [1.165, 1.54) is 0 Å². The molecular formula is C13H19NO4. The maximum absolute atomic E-state index is 5.92. The van der Waals surface area contributed by atoms with Crippen molar-refractivity contribution in [1.29, 1.82) is 0 Å². The Hall–Kier alpha value is -1.30. The van der Waals surface area contributed by atoms with E-state index in [1.807, 2.05) is 18.2 Å². The minimum absolute atomic E-state index is 0.0849. The molecule has 1 aromatic rings. The first kappa shape index (κ1) is 13.1. The molecule has 0 amide bonds. The van der Waals surface area contributed by atoms with Gasteiger partial charge in [-0.1, -0.05) is 6.07 Å². The van der Waals surface area contributed by atoms with Gasteiger partial charge in [-0.2, -0.15) is 0 Å². The van der Waals surface area contributed by atoms with Crippen molar-refractivity contribution < 1.29 is 19.0 Å². The van der Waals surface area contributed by atoms with Crippen molar-refractivity contribution in [2.75, 3.05) is 20.3 Å². The molecule has 1 heterocycles. The molecule has 1 unspecified atom stereocenters. The van der Waals surface area contributed by atoms with Crippen LogP contribution < -0.4 is 15.4 Å². The molecule has 0 radical (unpaired) electrons. The molecule has 1 aliphatic heterocycles. The highest BCUT2D eigenvalue weighted by Crippen LogP contribution is 2.30. The summed E-state index contributed by atoms with van der Waals surface area (Å²) in [6, 6.07) is 5.64. The summed E-state index contributed by atoms with van der Waals surface area (Å²) in [6.07, 6.45) is 2.11. The zero-order chi connectivity index (χ0) is 12.8. The number of methoxy groups -OCH3 is 1. The fourth-order valence-electron chi connectivity index (χ4n) is 1.98. The third-order valence-corrected chi connectivity index (χ3v) is 2.89. The number of benzene rings is 1. The average Bonchev–Trinajstić information content (AvgIpc) is 2.41. The molecule has 5 nitrogen and oxygen atoms in total. The van der Waals surface area contributed by atoms with Crippen LogP contribution in [0, 0.1) is 0 Å². The van der Waals surface area contributed by atoms with Crippen molar-refractivity contribution in [1.82, 2.24) is 0 Å². The van der Waals surface area contributed by atoms with Gasteiger partial charge in [-0.3, -0.25) is 4.84 Å². The summed E-state index contributed by atoms with van der Waals surface area (Å²) in [5, 5.41) is 0. The molecule has 2 rings (SSSR count). The summed E-state index contributed by atoms with van der Waals surface area (Å²) in [5.41, 5.74) is 0.949. The minimum Gasteiger partial charge on any atom is -0.493 e.